The molecular weight excluding hydrogens is 409 g/mol. The van der Waals surface area contributed by atoms with Crippen LogP contribution in [-0.2, 0) is 13.1 Å². The van der Waals surface area contributed by atoms with E-state index >= 15 is 0 Å². The smallest absolute Gasteiger partial charge is 0.124 e. The van der Waals surface area contributed by atoms with Gasteiger partial charge in [0.2, 0.25) is 0 Å². The van der Waals surface area contributed by atoms with Gasteiger partial charge < -0.3 is 4.57 Å². The van der Waals surface area contributed by atoms with E-state index in [9.17, 15) is 0 Å². The molecule has 6 heteroatoms. The fraction of sp³-hybridized carbons (Fsp3) is 0.409. The summed E-state index contributed by atoms with van der Waals surface area (Å²) in [5, 5.41) is 0.779. The number of likely N-dealkylation sites (tertiary alicyclic amines) is 1. The van der Waals surface area contributed by atoms with E-state index in [2.05, 4.69) is 54.5 Å². The number of aromatic nitrogens is 2. The fourth-order valence-electron chi connectivity index (χ4n) is 3.91. The van der Waals surface area contributed by atoms with Crippen LogP contribution in [0.15, 0.2) is 36.4 Å². The van der Waals surface area contributed by atoms with Crippen molar-refractivity contribution in [1.29, 1.82) is 0 Å². The molecule has 3 aromatic rings. The van der Waals surface area contributed by atoms with E-state index in [0.29, 0.717) is 6.04 Å². The fourth-order valence-corrected chi connectivity index (χ4v) is 4.03. The molecular formula is C22H29Cl2N3S. The second kappa shape index (κ2) is 9.53. The zero-order chi connectivity index (χ0) is 18.3. The molecule has 0 bridgehead atoms. The van der Waals surface area contributed by atoms with Gasteiger partial charge in [0.25, 0.3) is 0 Å². The number of imidazole rings is 1. The highest BCUT2D eigenvalue weighted by Crippen LogP contribution is 2.25. The van der Waals surface area contributed by atoms with Gasteiger partial charge in [0.15, 0.2) is 0 Å². The first-order valence-electron chi connectivity index (χ1n) is 9.46. The number of halogens is 2. The second-order valence-corrected chi connectivity index (χ2v) is 8.06. The van der Waals surface area contributed by atoms with Crippen molar-refractivity contribution >= 4 is 48.5 Å². The standard InChI is InChI=1S/C22H26ClN3.ClH.H2S/c1-15-11-20-21(12-16(15)2)26(13-18-6-8-19(23)9-7-18)22(24-20)14-25-10-4-5-17(25)3;;/h6-9,11-12,17H,4-5,10,13-14H2,1-3H3;1H;1H2/t17-;;/m0../s1. The van der Waals surface area contributed by atoms with Crippen molar-refractivity contribution in [3.8, 4) is 0 Å². The first-order chi connectivity index (χ1) is 12.5. The van der Waals surface area contributed by atoms with E-state index < -0.39 is 0 Å². The third-order valence-electron chi connectivity index (χ3n) is 5.73. The van der Waals surface area contributed by atoms with E-state index in [-0.39, 0.29) is 25.9 Å². The third kappa shape index (κ3) is 4.68. The van der Waals surface area contributed by atoms with Crippen molar-refractivity contribution < 1.29 is 0 Å². The topological polar surface area (TPSA) is 21.1 Å². The average Bonchev–Trinajstić information content (AvgIpc) is 3.15. The molecule has 0 N–H and O–H groups in total. The molecule has 152 valence electrons. The minimum absolute atomic E-state index is 0. The highest BCUT2D eigenvalue weighted by molar-refractivity contribution is 7.59. The summed E-state index contributed by atoms with van der Waals surface area (Å²) in [5.41, 5.74) is 6.20. The van der Waals surface area contributed by atoms with Crippen LogP contribution in [0.25, 0.3) is 11.0 Å². The molecule has 0 aliphatic carbocycles. The maximum absolute atomic E-state index is 6.06. The van der Waals surface area contributed by atoms with Gasteiger partial charge in [0.1, 0.15) is 5.82 Å². The maximum atomic E-state index is 6.06. The first-order valence-corrected chi connectivity index (χ1v) is 9.84. The van der Waals surface area contributed by atoms with Crippen LogP contribution in [0.5, 0.6) is 0 Å². The Kier molecular flexibility index (Phi) is 7.86. The SMILES string of the molecule is Cc1cc2nc(CN3CCC[C@@H]3C)n(Cc3ccc(Cl)cc3)c2cc1C.Cl.S. The van der Waals surface area contributed by atoms with E-state index in [4.69, 9.17) is 16.6 Å². The van der Waals surface area contributed by atoms with Gasteiger partial charge in [-0.3, -0.25) is 4.90 Å². The number of rotatable bonds is 4. The maximum Gasteiger partial charge on any atom is 0.124 e. The normalized spacial score (nSPS) is 16.8. The average molecular weight is 438 g/mol. The lowest BCUT2D eigenvalue weighted by molar-refractivity contribution is 0.251. The summed E-state index contributed by atoms with van der Waals surface area (Å²) < 4.78 is 2.38. The molecule has 0 amide bonds. The molecule has 1 aromatic heterocycles. The van der Waals surface area contributed by atoms with Crippen LogP contribution in [0.3, 0.4) is 0 Å². The summed E-state index contributed by atoms with van der Waals surface area (Å²) in [4.78, 5) is 7.58. The van der Waals surface area contributed by atoms with Gasteiger partial charge in [-0.2, -0.15) is 13.5 Å². The number of fused-ring (bicyclic) bond motifs is 1. The molecule has 2 heterocycles. The molecule has 1 fully saturated rings. The summed E-state index contributed by atoms with van der Waals surface area (Å²) >= 11 is 6.06. The van der Waals surface area contributed by atoms with Crippen molar-refractivity contribution in [3.05, 3.63) is 63.9 Å². The summed E-state index contributed by atoms with van der Waals surface area (Å²) in [6.45, 7) is 9.58. The molecule has 28 heavy (non-hydrogen) atoms. The van der Waals surface area contributed by atoms with Crippen LogP contribution in [0.2, 0.25) is 5.02 Å². The number of hydrogen-bond acceptors (Lipinski definition) is 2. The van der Waals surface area contributed by atoms with Gasteiger partial charge in [0, 0.05) is 17.6 Å². The number of aryl methyl sites for hydroxylation is 2. The Hall–Kier alpha value is -1.20. The summed E-state index contributed by atoms with van der Waals surface area (Å²) in [7, 11) is 0. The number of nitrogens with zero attached hydrogens (tertiary/aromatic N) is 3. The zero-order valence-electron chi connectivity index (χ0n) is 16.7. The molecule has 0 radical (unpaired) electrons. The van der Waals surface area contributed by atoms with Crippen LogP contribution in [-0.4, -0.2) is 27.0 Å². The van der Waals surface area contributed by atoms with Crippen LogP contribution >= 0.6 is 37.5 Å². The van der Waals surface area contributed by atoms with Gasteiger partial charge in [-0.25, -0.2) is 4.98 Å². The predicted molar refractivity (Wildman–Crippen MR) is 126 cm³/mol. The highest BCUT2D eigenvalue weighted by atomic mass is 35.5. The van der Waals surface area contributed by atoms with E-state index in [0.717, 1.165) is 29.5 Å². The summed E-state index contributed by atoms with van der Waals surface area (Å²) in [6.07, 6.45) is 2.58. The summed E-state index contributed by atoms with van der Waals surface area (Å²) in [6, 6.07) is 13.3. The zero-order valence-corrected chi connectivity index (χ0v) is 19.3. The van der Waals surface area contributed by atoms with Gasteiger partial charge in [-0.15, -0.1) is 12.4 Å². The van der Waals surface area contributed by atoms with Crippen molar-refractivity contribution in [3.63, 3.8) is 0 Å². The molecule has 0 unspecified atom stereocenters. The van der Waals surface area contributed by atoms with E-state index in [1.807, 2.05) is 12.1 Å². The van der Waals surface area contributed by atoms with E-state index in [1.54, 1.807) is 0 Å². The Morgan fingerprint density at radius 3 is 2.39 bits per heavy atom. The Morgan fingerprint density at radius 2 is 1.75 bits per heavy atom. The van der Waals surface area contributed by atoms with Gasteiger partial charge in [0.05, 0.1) is 17.6 Å². The Balaban J connectivity index is 0.00000140. The molecule has 4 rings (SSSR count). The monoisotopic (exact) mass is 437 g/mol. The lowest BCUT2D eigenvalue weighted by atomic mass is 10.1. The largest absolute Gasteiger partial charge is 0.322 e. The number of hydrogen-bond donors (Lipinski definition) is 0. The molecule has 0 saturated carbocycles. The second-order valence-electron chi connectivity index (χ2n) is 7.63. The predicted octanol–water partition coefficient (Wildman–Crippen LogP) is 5.87. The van der Waals surface area contributed by atoms with Gasteiger partial charge in [-0.1, -0.05) is 23.7 Å². The van der Waals surface area contributed by atoms with Gasteiger partial charge >= 0.3 is 0 Å². The van der Waals surface area contributed by atoms with Crippen LogP contribution in [0.4, 0.5) is 0 Å². The van der Waals surface area contributed by atoms with Crippen molar-refractivity contribution in [2.24, 2.45) is 0 Å². The van der Waals surface area contributed by atoms with Crippen LogP contribution in [0.1, 0.15) is 42.3 Å². The molecule has 1 aliphatic heterocycles. The van der Waals surface area contributed by atoms with Crippen LogP contribution < -0.4 is 0 Å². The van der Waals surface area contributed by atoms with Crippen molar-refractivity contribution in [2.75, 3.05) is 6.54 Å². The minimum atomic E-state index is 0. The van der Waals surface area contributed by atoms with Crippen molar-refractivity contribution in [2.45, 2.75) is 52.7 Å². The van der Waals surface area contributed by atoms with Gasteiger partial charge in [-0.05, 0) is 81.1 Å². The van der Waals surface area contributed by atoms with Crippen LogP contribution in [0, 0.1) is 13.8 Å². The van der Waals surface area contributed by atoms with E-state index in [1.165, 1.54) is 41.6 Å². The van der Waals surface area contributed by atoms with Crippen molar-refractivity contribution in [1.82, 2.24) is 14.5 Å². The molecule has 1 atom stereocenters. The molecule has 3 nitrogen and oxygen atoms in total. The lowest BCUT2D eigenvalue weighted by Crippen LogP contribution is -2.28. The lowest BCUT2D eigenvalue weighted by Gasteiger charge is -2.21. The molecule has 1 saturated heterocycles. The first kappa shape index (κ1) is 23.1. The Morgan fingerprint density at radius 1 is 1.07 bits per heavy atom. The quantitative estimate of drug-likeness (QED) is 0.508. The molecule has 0 spiro atoms. The number of benzene rings is 2. The minimum Gasteiger partial charge on any atom is -0.322 e. The molecule has 1 aliphatic rings. The molecule has 2 aromatic carbocycles. The Labute approximate surface area is 185 Å². The Bertz CT molecular complexity index is 937. The third-order valence-corrected chi connectivity index (χ3v) is 5.98. The highest BCUT2D eigenvalue weighted by Gasteiger charge is 2.23. The summed E-state index contributed by atoms with van der Waals surface area (Å²) in [5.74, 6) is 1.16.